The van der Waals surface area contributed by atoms with Crippen LogP contribution in [-0.2, 0) is 10.0 Å². The highest BCUT2D eigenvalue weighted by molar-refractivity contribution is 8.01. The second kappa shape index (κ2) is 8.29. The minimum absolute atomic E-state index is 0.0326. The van der Waals surface area contributed by atoms with Gasteiger partial charge in [0.05, 0.1) is 20.8 Å². The lowest BCUT2D eigenvalue weighted by Gasteiger charge is -2.14. The lowest BCUT2D eigenvalue weighted by Crippen LogP contribution is -2.15. The van der Waals surface area contributed by atoms with Crippen molar-refractivity contribution in [1.82, 2.24) is 4.98 Å². The highest BCUT2D eigenvalue weighted by Crippen LogP contribution is 2.44. The van der Waals surface area contributed by atoms with Crippen LogP contribution in [0, 0.1) is 11.6 Å². The van der Waals surface area contributed by atoms with Crippen molar-refractivity contribution < 1.29 is 22.3 Å². The quantitative estimate of drug-likeness (QED) is 0.274. The van der Waals surface area contributed by atoms with Crippen molar-refractivity contribution in [2.75, 3.05) is 4.72 Å². The Hall–Kier alpha value is -3.21. The Morgan fingerprint density at radius 1 is 0.939 bits per heavy atom. The zero-order chi connectivity index (χ0) is 23.2. The summed E-state index contributed by atoms with van der Waals surface area (Å²) in [6, 6.07) is 17.9. The van der Waals surface area contributed by atoms with Gasteiger partial charge in [-0.05, 0) is 36.4 Å². The summed E-state index contributed by atoms with van der Waals surface area (Å²) in [6.45, 7) is 0. The maximum absolute atomic E-state index is 14.2. The smallest absolute Gasteiger partial charge is 0.264 e. The van der Waals surface area contributed by atoms with Crippen LogP contribution in [-0.4, -0.2) is 18.5 Å². The molecule has 10 heteroatoms. The Balaban J connectivity index is 1.61. The third kappa shape index (κ3) is 4.12. The minimum Gasteiger partial charge on any atom is -0.506 e. The van der Waals surface area contributed by atoms with Gasteiger partial charge in [0.15, 0.2) is 4.34 Å². The van der Waals surface area contributed by atoms with E-state index >= 15 is 0 Å². The molecule has 0 atom stereocenters. The number of phenols is 1. The Kier molecular flexibility index (Phi) is 5.43. The normalized spacial score (nSPS) is 11.8. The van der Waals surface area contributed by atoms with Crippen LogP contribution in [0.15, 0.2) is 86.9 Å². The molecule has 0 amide bonds. The molecule has 0 radical (unpaired) electrons. The summed E-state index contributed by atoms with van der Waals surface area (Å²) in [4.78, 5) is 4.10. The van der Waals surface area contributed by atoms with Gasteiger partial charge in [-0.3, -0.25) is 4.72 Å². The van der Waals surface area contributed by atoms with Gasteiger partial charge in [0.25, 0.3) is 10.0 Å². The van der Waals surface area contributed by atoms with Crippen LogP contribution in [0.5, 0.6) is 5.75 Å². The van der Waals surface area contributed by atoms with E-state index in [0.717, 1.165) is 22.3 Å². The molecule has 0 saturated heterocycles. The van der Waals surface area contributed by atoms with E-state index in [9.17, 15) is 22.3 Å². The van der Waals surface area contributed by atoms with E-state index in [1.165, 1.54) is 29.2 Å². The molecular weight excluding hydrogens is 486 g/mol. The van der Waals surface area contributed by atoms with Gasteiger partial charge >= 0.3 is 0 Å². The molecule has 5 aromatic rings. The van der Waals surface area contributed by atoms with Crippen LogP contribution in [0.2, 0.25) is 0 Å². The van der Waals surface area contributed by atoms with E-state index in [4.69, 9.17) is 0 Å². The molecule has 0 bridgehead atoms. The maximum atomic E-state index is 14.2. The number of anilines is 1. The number of hydrogen-bond donors (Lipinski definition) is 2. The predicted octanol–water partition coefficient (Wildman–Crippen LogP) is 6.39. The number of aromatic hydroxyl groups is 1. The van der Waals surface area contributed by atoms with Gasteiger partial charge in [-0.25, -0.2) is 22.2 Å². The van der Waals surface area contributed by atoms with Gasteiger partial charge < -0.3 is 5.11 Å². The van der Waals surface area contributed by atoms with E-state index in [-0.39, 0.29) is 11.4 Å². The monoisotopic (exact) mass is 500 g/mol. The molecule has 166 valence electrons. The Bertz CT molecular complexity index is 1600. The summed E-state index contributed by atoms with van der Waals surface area (Å²) in [5.74, 6) is -1.98. The number of halogens is 2. The van der Waals surface area contributed by atoms with Crippen molar-refractivity contribution in [3.05, 3.63) is 84.4 Å². The predicted molar refractivity (Wildman–Crippen MR) is 127 cm³/mol. The molecule has 1 aromatic heterocycles. The number of rotatable bonds is 5. The van der Waals surface area contributed by atoms with Crippen LogP contribution in [0.25, 0.3) is 21.0 Å². The fourth-order valence-electron chi connectivity index (χ4n) is 3.37. The molecule has 33 heavy (non-hydrogen) atoms. The second-order valence-electron chi connectivity index (χ2n) is 7.05. The van der Waals surface area contributed by atoms with Crippen LogP contribution >= 0.6 is 23.1 Å². The van der Waals surface area contributed by atoms with Crippen molar-refractivity contribution >= 4 is 59.8 Å². The summed E-state index contributed by atoms with van der Waals surface area (Å²) < 4.78 is 57.6. The molecule has 0 aliphatic heterocycles. The SMILES string of the molecule is O=S(=O)(Nc1cc(Sc2nc3ccccc3s2)c(O)c2ccccc12)c1cc(F)ccc1F. The van der Waals surface area contributed by atoms with Crippen LogP contribution < -0.4 is 4.72 Å². The van der Waals surface area contributed by atoms with Gasteiger partial charge in [0, 0.05) is 10.8 Å². The van der Waals surface area contributed by atoms with Crippen molar-refractivity contribution in [3.8, 4) is 5.75 Å². The van der Waals surface area contributed by atoms with Gasteiger partial charge in [-0.2, -0.15) is 0 Å². The number of hydrogen-bond acceptors (Lipinski definition) is 6. The number of aromatic nitrogens is 1. The number of nitrogens with one attached hydrogen (secondary N) is 1. The summed E-state index contributed by atoms with van der Waals surface area (Å²) in [6.07, 6.45) is 0. The molecule has 0 spiro atoms. The molecule has 5 nitrogen and oxygen atoms in total. The van der Waals surface area contributed by atoms with Gasteiger partial charge in [-0.15, -0.1) is 11.3 Å². The highest BCUT2D eigenvalue weighted by Gasteiger charge is 2.23. The van der Waals surface area contributed by atoms with Crippen LogP contribution in [0.4, 0.5) is 14.5 Å². The van der Waals surface area contributed by atoms with E-state index in [1.807, 2.05) is 24.3 Å². The number of nitrogens with zero attached hydrogens (tertiary/aromatic N) is 1. The van der Waals surface area contributed by atoms with Crippen molar-refractivity contribution in [2.24, 2.45) is 0 Å². The van der Waals surface area contributed by atoms with Crippen LogP contribution in [0.1, 0.15) is 0 Å². The molecule has 4 aromatic carbocycles. The third-order valence-corrected chi connectivity index (χ3v) is 8.39. The Labute approximate surface area is 195 Å². The first-order valence-corrected chi connectivity index (χ1v) is 12.7. The molecular formula is C23H14F2N2O3S3. The van der Waals surface area contributed by atoms with E-state index in [0.29, 0.717) is 26.1 Å². The second-order valence-corrected chi connectivity index (χ2v) is 11.0. The molecule has 0 aliphatic carbocycles. The first kappa shape index (κ1) is 21.6. The lowest BCUT2D eigenvalue weighted by atomic mass is 10.1. The largest absolute Gasteiger partial charge is 0.506 e. The third-order valence-electron chi connectivity index (χ3n) is 4.88. The van der Waals surface area contributed by atoms with Gasteiger partial charge in [0.1, 0.15) is 22.3 Å². The zero-order valence-corrected chi connectivity index (χ0v) is 19.1. The van der Waals surface area contributed by atoms with E-state index in [1.54, 1.807) is 24.3 Å². The standard InChI is InChI=1S/C23H14F2N2O3S3/c24-13-9-10-16(25)21(11-13)33(29,30)27-18-12-20(22(28)15-6-2-1-5-14(15)18)32-23-26-17-7-3-4-8-19(17)31-23/h1-12,27-28H. The topological polar surface area (TPSA) is 79.3 Å². The molecule has 0 saturated carbocycles. The summed E-state index contributed by atoms with van der Waals surface area (Å²) >= 11 is 2.62. The number of fused-ring (bicyclic) bond motifs is 2. The fourth-order valence-corrected chi connectivity index (χ4v) is 6.65. The zero-order valence-electron chi connectivity index (χ0n) is 16.6. The number of sulfonamides is 1. The average Bonchev–Trinajstić information content (AvgIpc) is 3.21. The summed E-state index contributed by atoms with van der Waals surface area (Å²) in [5.41, 5.74) is 0.934. The lowest BCUT2D eigenvalue weighted by molar-refractivity contribution is 0.469. The van der Waals surface area contributed by atoms with E-state index < -0.39 is 26.6 Å². The Morgan fingerprint density at radius 3 is 2.45 bits per heavy atom. The molecule has 1 heterocycles. The number of phenolic OH excluding ortho intramolecular Hbond substituents is 1. The van der Waals surface area contributed by atoms with Crippen molar-refractivity contribution in [1.29, 1.82) is 0 Å². The van der Waals surface area contributed by atoms with Crippen molar-refractivity contribution in [3.63, 3.8) is 0 Å². The number of thiazole rings is 1. The molecule has 0 fully saturated rings. The van der Waals surface area contributed by atoms with Gasteiger partial charge in [-0.1, -0.05) is 48.2 Å². The van der Waals surface area contributed by atoms with Crippen LogP contribution in [0.3, 0.4) is 0 Å². The molecule has 0 aliphatic rings. The molecule has 2 N–H and O–H groups in total. The first-order chi connectivity index (χ1) is 15.8. The average molecular weight is 501 g/mol. The fraction of sp³-hybridized carbons (Fsp3) is 0. The molecule has 5 rings (SSSR count). The summed E-state index contributed by atoms with van der Waals surface area (Å²) in [7, 11) is -4.45. The van der Waals surface area contributed by atoms with Gasteiger partial charge in [0.2, 0.25) is 0 Å². The minimum atomic E-state index is -4.45. The number of benzene rings is 4. The maximum Gasteiger partial charge on any atom is 0.264 e. The highest BCUT2D eigenvalue weighted by atomic mass is 32.2. The Morgan fingerprint density at radius 2 is 1.67 bits per heavy atom. The molecule has 0 unspecified atom stereocenters. The number of para-hydroxylation sites is 1. The first-order valence-electron chi connectivity index (χ1n) is 9.58. The van der Waals surface area contributed by atoms with Crippen molar-refractivity contribution in [2.45, 2.75) is 14.1 Å². The summed E-state index contributed by atoms with van der Waals surface area (Å²) in [5, 5.41) is 11.7. The van der Waals surface area contributed by atoms with E-state index in [2.05, 4.69) is 9.71 Å².